The molecule has 1 aliphatic heterocycles. The lowest BCUT2D eigenvalue weighted by Crippen LogP contribution is -2.39. The monoisotopic (exact) mass is 379 g/mol. The molecule has 1 aliphatic rings. The second-order valence-corrected chi connectivity index (χ2v) is 6.34. The summed E-state index contributed by atoms with van der Waals surface area (Å²) >= 11 is 5.17. The lowest BCUT2D eigenvalue weighted by Gasteiger charge is -2.26. The van der Waals surface area contributed by atoms with Gasteiger partial charge < -0.3 is 10.1 Å². The number of thiocarbonyl (C=S) groups is 1. The van der Waals surface area contributed by atoms with Gasteiger partial charge in [0.2, 0.25) is 0 Å². The van der Waals surface area contributed by atoms with Crippen LogP contribution < -0.4 is 10.7 Å². The number of rotatable bonds is 8. The van der Waals surface area contributed by atoms with E-state index in [0.29, 0.717) is 22.7 Å². The molecule has 0 atom stereocenters. The maximum absolute atomic E-state index is 11.1. The quantitative estimate of drug-likeness (QED) is 0.233. The Morgan fingerprint density at radius 2 is 2.23 bits per heavy atom. The van der Waals surface area contributed by atoms with Gasteiger partial charge in [0.05, 0.1) is 24.4 Å². The smallest absolute Gasteiger partial charge is 0.273 e. The Bertz CT molecular complexity index is 647. The fraction of sp³-hybridized carbons (Fsp3) is 0.529. The van der Waals surface area contributed by atoms with Crippen LogP contribution in [0.25, 0.3) is 0 Å². The highest BCUT2D eigenvalue weighted by Gasteiger charge is 2.12. The van der Waals surface area contributed by atoms with Crippen molar-refractivity contribution in [1.82, 2.24) is 15.6 Å². The molecule has 0 saturated carbocycles. The van der Waals surface area contributed by atoms with Gasteiger partial charge in [-0.05, 0) is 31.6 Å². The Labute approximate surface area is 158 Å². The minimum atomic E-state index is -0.371. The highest BCUT2D eigenvalue weighted by molar-refractivity contribution is 7.80. The molecule has 0 aliphatic carbocycles. The Morgan fingerprint density at radius 1 is 1.46 bits per heavy atom. The zero-order valence-electron chi connectivity index (χ0n) is 14.9. The molecule has 8 nitrogen and oxygen atoms in total. The topological polar surface area (TPSA) is 92.0 Å². The number of hydrogen-bond acceptors (Lipinski definition) is 6. The number of hydrogen-bond donors (Lipinski definition) is 2. The molecule has 0 bridgehead atoms. The van der Waals surface area contributed by atoms with Crippen LogP contribution in [0.1, 0.15) is 24.5 Å². The van der Waals surface area contributed by atoms with E-state index in [9.17, 15) is 10.1 Å². The van der Waals surface area contributed by atoms with E-state index in [2.05, 4.69) is 20.7 Å². The number of hydrazone groups is 1. The van der Waals surface area contributed by atoms with Gasteiger partial charge in [0, 0.05) is 36.8 Å². The standard InChI is InChI=1S/C17H25N5O3S/c1-2-15-5-4-14(12-16(15)22(23)24)13-19-20-17(26)18-6-3-7-21-8-10-25-11-9-21/h4-5,12-13H,2-3,6-11H2,1H3,(H2,18,20,26)/b19-13-. The van der Waals surface area contributed by atoms with Crippen LogP contribution in [0.5, 0.6) is 0 Å². The average molecular weight is 379 g/mol. The van der Waals surface area contributed by atoms with Gasteiger partial charge in [0.15, 0.2) is 5.11 Å². The number of aryl methyl sites for hydroxylation is 1. The van der Waals surface area contributed by atoms with Crippen LogP contribution in [-0.4, -0.2) is 60.5 Å². The van der Waals surface area contributed by atoms with Gasteiger partial charge in [-0.25, -0.2) is 0 Å². The minimum Gasteiger partial charge on any atom is -0.379 e. The molecule has 1 aromatic rings. The van der Waals surface area contributed by atoms with E-state index in [1.807, 2.05) is 6.92 Å². The van der Waals surface area contributed by atoms with E-state index in [4.69, 9.17) is 17.0 Å². The first-order valence-electron chi connectivity index (χ1n) is 8.74. The van der Waals surface area contributed by atoms with Crippen molar-refractivity contribution in [2.45, 2.75) is 19.8 Å². The normalized spacial score (nSPS) is 15.1. The van der Waals surface area contributed by atoms with E-state index in [0.717, 1.165) is 45.8 Å². The molecule has 0 radical (unpaired) electrons. The highest BCUT2D eigenvalue weighted by Crippen LogP contribution is 2.19. The Kier molecular flexibility index (Phi) is 8.39. The molecule has 0 aromatic heterocycles. The van der Waals surface area contributed by atoms with Crippen molar-refractivity contribution in [1.29, 1.82) is 0 Å². The number of morpholine rings is 1. The fourth-order valence-electron chi connectivity index (χ4n) is 2.66. The summed E-state index contributed by atoms with van der Waals surface area (Å²) in [4.78, 5) is 13.1. The van der Waals surface area contributed by atoms with E-state index < -0.39 is 0 Å². The summed E-state index contributed by atoms with van der Waals surface area (Å²) < 4.78 is 5.32. The van der Waals surface area contributed by atoms with E-state index in [1.165, 1.54) is 12.3 Å². The SMILES string of the molecule is CCc1ccc(/C=N\NC(=S)NCCCN2CCOCC2)cc1[N+](=O)[O-]. The third-order valence-electron chi connectivity index (χ3n) is 4.11. The predicted molar refractivity (Wildman–Crippen MR) is 106 cm³/mol. The first-order valence-corrected chi connectivity index (χ1v) is 9.15. The summed E-state index contributed by atoms with van der Waals surface area (Å²) in [5.74, 6) is 0. The number of nitrogens with zero attached hydrogens (tertiary/aromatic N) is 3. The van der Waals surface area contributed by atoms with Crippen LogP contribution in [0.4, 0.5) is 5.69 Å². The molecule has 26 heavy (non-hydrogen) atoms. The summed E-state index contributed by atoms with van der Waals surface area (Å²) in [7, 11) is 0. The van der Waals surface area contributed by atoms with Crippen molar-refractivity contribution in [3.8, 4) is 0 Å². The van der Waals surface area contributed by atoms with Crippen molar-refractivity contribution in [2.75, 3.05) is 39.4 Å². The largest absolute Gasteiger partial charge is 0.379 e. The zero-order valence-corrected chi connectivity index (χ0v) is 15.8. The second-order valence-electron chi connectivity index (χ2n) is 5.93. The summed E-state index contributed by atoms with van der Waals surface area (Å²) in [6.45, 7) is 7.23. The lowest BCUT2D eigenvalue weighted by atomic mass is 10.1. The first kappa shape index (κ1) is 20.2. The van der Waals surface area contributed by atoms with Crippen molar-refractivity contribution >= 4 is 29.2 Å². The van der Waals surface area contributed by atoms with Crippen LogP contribution >= 0.6 is 12.2 Å². The molecule has 1 saturated heterocycles. The van der Waals surface area contributed by atoms with Crippen molar-refractivity contribution in [2.24, 2.45) is 5.10 Å². The van der Waals surface area contributed by atoms with Gasteiger partial charge in [0.1, 0.15) is 0 Å². The lowest BCUT2D eigenvalue weighted by molar-refractivity contribution is -0.385. The molecule has 1 fully saturated rings. The number of nitro groups is 1. The van der Waals surface area contributed by atoms with E-state index >= 15 is 0 Å². The number of ether oxygens (including phenoxy) is 1. The maximum Gasteiger partial charge on any atom is 0.273 e. The second kappa shape index (κ2) is 10.8. The molecule has 9 heteroatoms. The molecule has 142 valence electrons. The zero-order chi connectivity index (χ0) is 18.8. The molecule has 0 unspecified atom stereocenters. The molecular formula is C17H25N5O3S. The molecule has 1 aromatic carbocycles. The third-order valence-corrected chi connectivity index (χ3v) is 4.34. The van der Waals surface area contributed by atoms with Gasteiger partial charge in [-0.1, -0.05) is 19.1 Å². The number of nitrogens with one attached hydrogen (secondary N) is 2. The summed E-state index contributed by atoms with van der Waals surface area (Å²) in [5.41, 5.74) is 4.20. The molecule has 0 amide bonds. The fourth-order valence-corrected chi connectivity index (χ4v) is 2.82. The Morgan fingerprint density at radius 3 is 2.92 bits per heavy atom. The van der Waals surface area contributed by atoms with Gasteiger partial charge in [-0.15, -0.1) is 0 Å². The van der Waals surface area contributed by atoms with Gasteiger partial charge in [0.25, 0.3) is 5.69 Å². The molecule has 1 heterocycles. The van der Waals surface area contributed by atoms with Crippen LogP contribution in [0, 0.1) is 10.1 Å². The van der Waals surface area contributed by atoms with Crippen LogP contribution in [0.15, 0.2) is 23.3 Å². The van der Waals surface area contributed by atoms with Gasteiger partial charge in [-0.3, -0.25) is 20.4 Å². The van der Waals surface area contributed by atoms with Crippen LogP contribution in [0.2, 0.25) is 0 Å². The van der Waals surface area contributed by atoms with Gasteiger partial charge in [-0.2, -0.15) is 5.10 Å². The van der Waals surface area contributed by atoms with Gasteiger partial charge >= 0.3 is 0 Å². The van der Waals surface area contributed by atoms with Crippen LogP contribution in [0.3, 0.4) is 0 Å². The predicted octanol–water partition coefficient (Wildman–Crippen LogP) is 1.68. The van der Waals surface area contributed by atoms with Crippen LogP contribution in [-0.2, 0) is 11.2 Å². The molecule has 0 spiro atoms. The first-order chi connectivity index (χ1) is 12.6. The number of benzene rings is 1. The maximum atomic E-state index is 11.1. The summed E-state index contributed by atoms with van der Waals surface area (Å²) in [6, 6.07) is 5.07. The van der Waals surface area contributed by atoms with E-state index in [1.54, 1.807) is 12.1 Å². The Hall–Kier alpha value is -2.10. The number of nitro benzene ring substituents is 1. The Balaban J connectivity index is 1.71. The van der Waals surface area contributed by atoms with Crippen molar-refractivity contribution < 1.29 is 9.66 Å². The average Bonchev–Trinajstić information content (AvgIpc) is 2.66. The highest BCUT2D eigenvalue weighted by atomic mass is 32.1. The van der Waals surface area contributed by atoms with Crippen molar-refractivity contribution in [3.05, 3.63) is 39.4 Å². The van der Waals surface area contributed by atoms with E-state index in [-0.39, 0.29) is 10.6 Å². The third kappa shape index (κ3) is 6.66. The minimum absolute atomic E-state index is 0.111. The molecule has 2 N–H and O–H groups in total. The summed E-state index contributed by atoms with van der Waals surface area (Å²) in [5, 5.41) is 18.6. The summed E-state index contributed by atoms with van der Waals surface area (Å²) in [6.07, 6.45) is 3.12. The van der Waals surface area contributed by atoms with Crippen molar-refractivity contribution in [3.63, 3.8) is 0 Å². The molecule has 2 rings (SSSR count). The molecular weight excluding hydrogens is 354 g/mol.